The first-order chi connectivity index (χ1) is 6.19. The van der Waals surface area contributed by atoms with Gasteiger partial charge in [-0.15, -0.1) is 0 Å². The van der Waals surface area contributed by atoms with Gasteiger partial charge in [-0.25, -0.2) is 6.57 Å². The van der Waals surface area contributed by atoms with Crippen molar-refractivity contribution in [1.82, 2.24) is 0 Å². The van der Waals surface area contributed by atoms with Crippen molar-refractivity contribution in [2.45, 2.75) is 13.0 Å². The molecule has 0 spiro atoms. The van der Waals surface area contributed by atoms with Gasteiger partial charge in [0, 0.05) is 12.5 Å². The Balaban J connectivity index is 3.08. The maximum atomic E-state index is 6.88. The molecule has 13 heavy (non-hydrogen) atoms. The number of nitrogens with zero attached hydrogens (tertiary/aromatic N) is 1. The van der Waals surface area contributed by atoms with Crippen LogP contribution in [0.2, 0.25) is 5.02 Å². The lowest BCUT2D eigenvalue weighted by molar-refractivity contribution is 0.414. The normalized spacial score (nSPS) is 11.8. The van der Waals surface area contributed by atoms with Gasteiger partial charge >= 0.3 is 0 Å². The number of hydrogen-bond acceptors (Lipinski definition) is 1. The second-order valence-electron chi connectivity index (χ2n) is 2.70. The van der Waals surface area contributed by atoms with E-state index in [-0.39, 0.29) is 6.04 Å². The summed E-state index contributed by atoms with van der Waals surface area (Å²) in [5, 5.41) is 0.573. The number of methoxy groups -OCH3 is 1. The Bertz CT molecular complexity index is 343. The quantitative estimate of drug-likeness (QED) is 0.660. The van der Waals surface area contributed by atoms with Crippen LogP contribution in [0.25, 0.3) is 4.85 Å². The highest BCUT2D eigenvalue weighted by Crippen LogP contribution is 2.28. The third-order valence-corrected chi connectivity index (χ3v) is 2.16. The zero-order valence-electron chi connectivity index (χ0n) is 7.54. The summed E-state index contributed by atoms with van der Waals surface area (Å²) >= 11 is 5.84. The molecule has 0 saturated heterocycles. The summed E-state index contributed by atoms with van der Waals surface area (Å²) in [5.41, 5.74) is 0.927. The van der Waals surface area contributed by atoms with E-state index >= 15 is 0 Å². The van der Waals surface area contributed by atoms with Gasteiger partial charge in [0.2, 0.25) is 6.04 Å². The Labute approximate surface area is 82.9 Å². The summed E-state index contributed by atoms with van der Waals surface area (Å²) < 4.78 is 5.05. The molecule has 1 rings (SSSR count). The second kappa shape index (κ2) is 4.15. The predicted molar refractivity (Wildman–Crippen MR) is 53.0 cm³/mol. The molecule has 1 aromatic carbocycles. The molecule has 1 unspecified atom stereocenters. The minimum atomic E-state index is -0.147. The van der Waals surface area contributed by atoms with Crippen molar-refractivity contribution in [1.29, 1.82) is 0 Å². The summed E-state index contributed by atoms with van der Waals surface area (Å²) in [4.78, 5) is 3.42. The van der Waals surface area contributed by atoms with E-state index in [2.05, 4.69) is 4.85 Å². The predicted octanol–water partition coefficient (Wildman–Crippen LogP) is 3.33. The Morgan fingerprint density at radius 2 is 2.23 bits per heavy atom. The van der Waals surface area contributed by atoms with Crippen molar-refractivity contribution in [2.75, 3.05) is 7.11 Å². The average Bonchev–Trinajstić information content (AvgIpc) is 2.17. The van der Waals surface area contributed by atoms with Gasteiger partial charge in [0.15, 0.2) is 0 Å². The summed E-state index contributed by atoms with van der Waals surface area (Å²) in [6.07, 6.45) is 0. The third kappa shape index (κ3) is 2.13. The fraction of sp³-hybridized carbons (Fsp3) is 0.300. The van der Waals surface area contributed by atoms with Gasteiger partial charge in [0.25, 0.3) is 0 Å². The number of rotatable bonds is 2. The monoisotopic (exact) mass is 195 g/mol. The Morgan fingerprint density at radius 3 is 2.77 bits per heavy atom. The molecule has 0 fully saturated rings. The van der Waals surface area contributed by atoms with E-state index in [0.717, 1.165) is 5.56 Å². The first-order valence-corrected chi connectivity index (χ1v) is 4.27. The molecule has 2 nitrogen and oxygen atoms in total. The molecule has 0 amide bonds. The lowest BCUT2D eigenvalue weighted by atomic mass is 10.1. The lowest BCUT2D eigenvalue weighted by Crippen LogP contribution is -1.90. The Kier molecular flexibility index (Phi) is 3.16. The summed E-state index contributed by atoms with van der Waals surface area (Å²) in [5.74, 6) is 0.620. The van der Waals surface area contributed by atoms with E-state index in [1.165, 1.54) is 0 Å². The van der Waals surface area contributed by atoms with Crippen LogP contribution in [0.1, 0.15) is 18.5 Å². The van der Waals surface area contributed by atoms with Gasteiger partial charge in [-0.1, -0.05) is 11.6 Å². The number of halogens is 1. The maximum absolute atomic E-state index is 6.88. The summed E-state index contributed by atoms with van der Waals surface area (Å²) in [6, 6.07) is 5.24. The molecule has 1 aromatic rings. The molecule has 0 aliphatic carbocycles. The van der Waals surface area contributed by atoms with Gasteiger partial charge in [-0.05, 0) is 18.2 Å². The highest BCUT2D eigenvalue weighted by molar-refractivity contribution is 6.32. The van der Waals surface area contributed by atoms with Crippen LogP contribution in [-0.4, -0.2) is 7.11 Å². The first kappa shape index (κ1) is 9.88. The van der Waals surface area contributed by atoms with Crippen molar-refractivity contribution in [3.63, 3.8) is 0 Å². The lowest BCUT2D eigenvalue weighted by Gasteiger charge is -2.05. The smallest absolute Gasteiger partial charge is 0.246 e. The molecule has 0 bridgehead atoms. The van der Waals surface area contributed by atoms with Gasteiger partial charge < -0.3 is 9.58 Å². The Hall–Kier alpha value is -1.20. The molecule has 0 N–H and O–H groups in total. The fourth-order valence-corrected chi connectivity index (χ4v) is 1.21. The molecule has 0 heterocycles. The van der Waals surface area contributed by atoms with Crippen LogP contribution in [0.3, 0.4) is 0 Å². The third-order valence-electron chi connectivity index (χ3n) is 1.85. The minimum Gasteiger partial charge on any atom is -0.495 e. The molecule has 0 radical (unpaired) electrons. The van der Waals surface area contributed by atoms with Crippen LogP contribution < -0.4 is 4.74 Å². The molecule has 3 heteroatoms. The second-order valence-corrected chi connectivity index (χ2v) is 3.11. The average molecular weight is 196 g/mol. The van der Waals surface area contributed by atoms with Crippen LogP contribution in [0, 0.1) is 6.57 Å². The Morgan fingerprint density at radius 1 is 1.54 bits per heavy atom. The van der Waals surface area contributed by atoms with Crippen LogP contribution in [0.15, 0.2) is 18.2 Å². The molecular formula is C10H10ClNO. The highest BCUT2D eigenvalue weighted by Gasteiger charge is 2.10. The van der Waals surface area contributed by atoms with E-state index in [1.807, 2.05) is 13.0 Å². The van der Waals surface area contributed by atoms with Crippen LogP contribution >= 0.6 is 11.6 Å². The van der Waals surface area contributed by atoms with Gasteiger partial charge in [0.1, 0.15) is 5.75 Å². The molecule has 0 aliphatic heterocycles. The number of ether oxygens (including phenoxy) is 1. The standard InChI is InChI=1S/C10H10ClNO/c1-7(12-2)8-4-5-9(11)10(6-8)13-3/h4-7H,1,3H3. The molecule has 68 valence electrons. The molecule has 0 saturated carbocycles. The molecule has 0 aromatic heterocycles. The molecule has 1 atom stereocenters. The SMILES string of the molecule is [C-]#[N+]C(C)c1ccc(Cl)c(OC)c1. The van der Waals surface area contributed by atoms with E-state index in [1.54, 1.807) is 19.2 Å². The largest absolute Gasteiger partial charge is 0.495 e. The highest BCUT2D eigenvalue weighted by atomic mass is 35.5. The van der Waals surface area contributed by atoms with E-state index in [0.29, 0.717) is 10.8 Å². The fourth-order valence-electron chi connectivity index (χ4n) is 1.01. The van der Waals surface area contributed by atoms with Crippen LogP contribution in [-0.2, 0) is 0 Å². The zero-order valence-corrected chi connectivity index (χ0v) is 8.30. The number of benzene rings is 1. The van der Waals surface area contributed by atoms with E-state index in [9.17, 15) is 0 Å². The van der Waals surface area contributed by atoms with Crippen molar-refractivity contribution in [2.24, 2.45) is 0 Å². The van der Waals surface area contributed by atoms with Gasteiger partial charge in [-0.3, -0.25) is 0 Å². The van der Waals surface area contributed by atoms with Crippen LogP contribution in [0.4, 0.5) is 0 Å². The van der Waals surface area contributed by atoms with Crippen LogP contribution in [0.5, 0.6) is 5.75 Å². The van der Waals surface area contributed by atoms with Crippen molar-refractivity contribution in [3.8, 4) is 5.75 Å². The minimum absolute atomic E-state index is 0.147. The maximum Gasteiger partial charge on any atom is 0.246 e. The van der Waals surface area contributed by atoms with E-state index < -0.39 is 0 Å². The summed E-state index contributed by atoms with van der Waals surface area (Å²) in [7, 11) is 1.56. The zero-order chi connectivity index (χ0) is 9.84. The van der Waals surface area contributed by atoms with Gasteiger partial charge in [-0.2, -0.15) is 0 Å². The topological polar surface area (TPSA) is 13.6 Å². The molecular weight excluding hydrogens is 186 g/mol. The van der Waals surface area contributed by atoms with E-state index in [4.69, 9.17) is 22.9 Å². The molecule has 0 aliphatic rings. The first-order valence-electron chi connectivity index (χ1n) is 3.89. The number of hydrogen-bond donors (Lipinski definition) is 0. The summed E-state index contributed by atoms with van der Waals surface area (Å²) in [6.45, 7) is 8.72. The van der Waals surface area contributed by atoms with Gasteiger partial charge in [0.05, 0.1) is 12.1 Å². The van der Waals surface area contributed by atoms with Crippen molar-refractivity contribution in [3.05, 3.63) is 40.2 Å². The van der Waals surface area contributed by atoms with Crippen molar-refractivity contribution >= 4 is 11.6 Å². The van der Waals surface area contributed by atoms with Crippen molar-refractivity contribution < 1.29 is 4.74 Å².